The monoisotopic (exact) mass is 387 g/mol. The average molecular weight is 387 g/mol. The fourth-order valence-electron chi connectivity index (χ4n) is 2.41. The Morgan fingerprint density at radius 2 is 1.65 bits per heavy atom. The molecule has 142 valence electrons. The van der Waals surface area contributed by atoms with E-state index in [1.54, 1.807) is 24.3 Å². The Hall–Kier alpha value is -2.06. The lowest BCUT2D eigenvalue weighted by molar-refractivity contribution is -0.133. The van der Waals surface area contributed by atoms with Crippen molar-refractivity contribution in [1.82, 2.24) is 0 Å². The van der Waals surface area contributed by atoms with Gasteiger partial charge in [-0.2, -0.15) is 13.2 Å². The number of nitrogens with one attached hydrogen (secondary N) is 1. The van der Waals surface area contributed by atoms with Gasteiger partial charge in [0.05, 0.1) is 11.9 Å². The van der Waals surface area contributed by atoms with Crippen molar-refractivity contribution in [2.45, 2.75) is 25.1 Å². The predicted molar refractivity (Wildman–Crippen MR) is 94.4 cm³/mol. The molecule has 0 amide bonds. The van der Waals surface area contributed by atoms with Crippen LogP contribution in [0, 0.1) is 0 Å². The van der Waals surface area contributed by atoms with Gasteiger partial charge >= 0.3 is 6.18 Å². The van der Waals surface area contributed by atoms with Crippen molar-refractivity contribution in [1.29, 1.82) is 0 Å². The highest BCUT2D eigenvalue weighted by molar-refractivity contribution is 7.92. The number of sulfonamides is 1. The molecular formula is C18H20F3NO3S. The standard InChI is InChI=1S/C18H20F3NO3S/c1-25-17(15-5-3-2-4-6-15)13-26(23,24)22-16-9-7-14(8-10-16)11-12-18(19,20)21/h2-10,17,22H,11-13H2,1H3. The summed E-state index contributed by atoms with van der Waals surface area (Å²) >= 11 is 0. The van der Waals surface area contributed by atoms with Gasteiger partial charge in [0.15, 0.2) is 0 Å². The molecule has 26 heavy (non-hydrogen) atoms. The summed E-state index contributed by atoms with van der Waals surface area (Å²) < 4.78 is 69.1. The minimum absolute atomic E-state index is 0.143. The fraction of sp³-hybridized carbons (Fsp3) is 0.333. The van der Waals surface area contributed by atoms with Crippen LogP contribution in [0.2, 0.25) is 0 Å². The van der Waals surface area contributed by atoms with E-state index in [9.17, 15) is 21.6 Å². The third kappa shape index (κ3) is 6.68. The summed E-state index contributed by atoms with van der Waals surface area (Å²) in [5.41, 5.74) is 1.52. The number of hydrogen-bond acceptors (Lipinski definition) is 3. The molecule has 0 aliphatic carbocycles. The van der Waals surface area contributed by atoms with E-state index in [0.29, 0.717) is 11.3 Å². The Balaban J connectivity index is 2.00. The summed E-state index contributed by atoms with van der Waals surface area (Å²) in [6.07, 6.45) is -5.90. The molecule has 2 aromatic carbocycles. The fourth-order valence-corrected chi connectivity index (χ4v) is 3.72. The minimum atomic E-state index is -4.22. The smallest absolute Gasteiger partial charge is 0.376 e. The molecule has 2 rings (SSSR count). The van der Waals surface area contributed by atoms with Crippen LogP contribution in [0.5, 0.6) is 0 Å². The van der Waals surface area contributed by atoms with Gasteiger partial charge in [0.25, 0.3) is 0 Å². The second-order valence-corrected chi connectivity index (χ2v) is 7.60. The van der Waals surface area contributed by atoms with Crippen molar-refractivity contribution >= 4 is 15.7 Å². The van der Waals surface area contributed by atoms with Gasteiger partial charge in [-0.15, -0.1) is 0 Å². The van der Waals surface area contributed by atoms with E-state index < -0.39 is 28.7 Å². The lowest BCUT2D eigenvalue weighted by Gasteiger charge is -2.17. The topological polar surface area (TPSA) is 55.4 Å². The Bertz CT molecular complexity index is 791. The molecule has 0 spiro atoms. The van der Waals surface area contributed by atoms with Crippen LogP contribution in [0.1, 0.15) is 23.7 Å². The van der Waals surface area contributed by atoms with E-state index >= 15 is 0 Å². The van der Waals surface area contributed by atoms with E-state index in [0.717, 1.165) is 5.56 Å². The number of benzene rings is 2. The minimum Gasteiger partial charge on any atom is -0.376 e. The van der Waals surface area contributed by atoms with Crippen molar-refractivity contribution in [3.05, 3.63) is 65.7 Å². The quantitative estimate of drug-likeness (QED) is 0.734. The number of halogens is 3. The number of hydrogen-bond donors (Lipinski definition) is 1. The third-order valence-corrected chi connectivity index (χ3v) is 5.04. The van der Waals surface area contributed by atoms with Crippen molar-refractivity contribution in [2.24, 2.45) is 0 Å². The van der Waals surface area contributed by atoms with Gasteiger partial charge < -0.3 is 4.74 Å². The van der Waals surface area contributed by atoms with Crippen LogP contribution >= 0.6 is 0 Å². The molecule has 0 aromatic heterocycles. The molecule has 0 saturated heterocycles. The SMILES string of the molecule is COC(CS(=O)(=O)Nc1ccc(CCC(F)(F)F)cc1)c1ccccc1. The van der Waals surface area contributed by atoms with Gasteiger partial charge in [0.1, 0.15) is 0 Å². The zero-order chi connectivity index (χ0) is 19.2. The van der Waals surface area contributed by atoms with E-state index in [1.807, 2.05) is 6.07 Å². The predicted octanol–water partition coefficient (Wildman–Crippen LogP) is 4.31. The Kier molecular flexibility index (Phi) is 6.66. The molecule has 1 unspecified atom stereocenters. The molecule has 0 heterocycles. The Morgan fingerprint density at radius 3 is 2.19 bits per heavy atom. The van der Waals surface area contributed by atoms with Gasteiger partial charge in [-0.05, 0) is 29.7 Å². The highest BCUT2D eigenvalue weighted by Crippen LogP contribution is 2.23. The van der Waals surface area contributed by atoms with Crippen molar-refractivity contribution < 1.29 is 26.3 Å². The average Bonchev–Trinajstić information content (AvgIpc) is 2.59. The number of rotatable bonds is 8. The number of alkyl halides is 3. The van der Waals surface area contributed by atoms with Gasteiger partial charge in [0, 0.05) is 19.2 Å². The van der Waals surface area contributed by atoms with Crippen LogP contribution in [0.25, 0.3) is 0 Å². The lowest BCUT2D eigenvalue weighted by Crippen LogP contribution is -2.22. The lowest BCUT2D eigenvalue weighted by atomic mass is 10.1. The Labute approximate surface area is 151 Å². The van der Waals surface area contributed by atoms with E-state index in [-0.39, 0.29) is 12.2 Å². The van der Waals surface area contributed by atoms with Crippen molar-refractivity contribution in [3.8, 4) is 0 Å². The number of ether oxygens (including phenoxy) is 1. The molecule has 8 heteroatoms. The van der Waals surface area contributed by atoms with Gasteiger partial charge in [-0.1, -0.05) is 42.5 Å². The highest BCUT2D eigenvalue weighted by Gasteiger charge is 2.26. The zero-order valence-corrected chi connectivity index (χ0v) is 15.0. The summed E-state index contributed by atoms with van der Waals surface area (Å²) in [6.45, 7) is 0. The molecule has 1 atom stereocenters. The Morgan fingerprint density at radius 1 is 1.04 bits per heavy atom. The van der Waals surface area contributed by atoms with Crippen molar-refractivity contribution in [2.75, 3.05) is 17.6 Å². The maximum Gasteiger partial charge on any atom is 0.389 e. The maximum absolute atomic E-state index is 12.3. The molecule has 1 N–H and O–H groups in total. The summed E-state index contributed by atoms with van der Waals surface area (Å²) in [5, 5.41) is 0. The second-order valence-electron chi connectivity index (χ2n) is 5.83. The first-order chi connectivity index (χ1) is 12.2. The number of anilines is 1. The van der Waals surface area contributed by atoms with Crippen LogP contribution in [0.3, 0.4) is 0 Å². The second kappa shape index (κ2) is 8.55. The van der Waals surface area contributed by atoms with Crippen LogP contribution in [-0.2, 0) is 21.2 Å². The molecule has 4 nitrogen and oxygen atoms in total. The van der Waals surface area contributed by atoms with Crippen LogP contribution in [0.4, 0.5) is 18.9 Å². The van der Waals surface area contributed by atoms with Gasteiger partial charge in [-0.3, -0.25) is 4.72 Å². The number of aryl methyl sites for hydroxylation is 1. The van der Waals surface area contributed by atoms with E-state index in [1.165, 1.54) is 31.4 Å². The molecule has 2 aromatic rings. The largest absolute Gasteiger partial charge is 0.389 e. The molecule has 0 aliphatic heterocycles. The van der Waals surface area contributed by atoms with Gasteiger partial charge in [0.2, 0.25) is 10.0 Å². The summed E-state index contributed by atoms with van der Waals surface area (Å²) in [5.74, 6) is -0.274. The van der Waals surface area contributed by atoms with E-state index in [4.69, 9.17) is 4.74 Å². The van der Waals surface area contributed by atoms with Crippen LogP contribution in [0.15, 0.2) is 54.6 Å². The number of methoxy groups -OCH3 is 1. The molecule has 0 fully saturated rings. The third-order valence-electron chi connectivity index (χ3n) is 3.75. The molecule has 0 saturated carbocycles. The normalized spacial score (nSPS) is 13.4. The van der Waals surface area contributed by atoms with Crippen molar-refractivity contribution in [3.63, 3.8) is 0 Å². The first-order valence-electron chi connectivity index (χ1n) is 7.92. The zero-order valence-electron chi connectivity index (χ0n) is 14.2. The summed E-state index contributed by atoms with van der Waals surface area (Å²) in [7, 11) is -2.26. The summed E-state index contributed by atoms with van der Waals surface area (Å²) in [6, 6.07) is 14.8. The van der Waals surface area contributed by atoms with Gasteiger partial charge in [-0.25, -0.2) is 8.42 Å². The summed E-state index contributed by atoms with van der Waals surface area (Å²) in [4.78, 5) is 0. The maximum atomic E-state index is 12.3. The first-order valence-corrected chi connectivity index (χ1v) is 9.58. The molecule has 0 bridgehead atoms. The van der Waals surface area contributed by atoms with E-state index in [2.05, 4.69) is 4.72 Å². The first kappa shape index (κ1) is 20.3. The molecule has 0 radical (unpaired) electrons. The highest BCUT2D eigenvalue weighted by atomic mass is 32.2. The van der Waals surface area contributed by atoms with Crippen LogP contribution in [-0.4, -0.2) is 27.5 Å². The molecule has 0 aliphatic rings. The van der Waals surface area contributed by atoms with Crippen LogP contribution < -0.4 is 4.72 Å². The molecular weight excluding hydrogens is 367 g/mol.